The van der Waals surface area contributed by atoms with Gasteiger partial charge in [0.25, 0.3) is 0 Å². The molecule has 2 heterocycles. The number of hydrogen-bond acceptors (Lipinski definition) is 6. The summed E-state index contributed by atoms with van der Waals surface area (Å²) in [5.74, 6) is 0.495. The maximum Gasteiger partial charge on any atom is 0.242 e. The highest BCUT2D eigenvalue weighted by Gasteiger charge is 2.25. The highest BCUT2D eigenvalue weighted by Crippen LogP contribution is 2.39. The molecule has 0 saturated carbocycles. The van der Waals surface area contributed by atoms with E-state index < -0.39 is 5.25 Å². The average Bonchev–Trinajstić information content (AvgIpc) is 3.22. The summed E-state index contributed by atoms with van der Waals surface area (Å²) in [5, 5.41) is 6.30. The number of carbonyl (C=O) groups excluding carboxylic acids is 1. The van der Waals surface area contributed by atoms with Crippen LogP contribution in [0.2, 0.25) is 0 Å². The fourth-order valence-corrected chi connectivity index (χ4v) is 4.87. The molecule has 0 aliphatic carbocycles. The van der Waals surface area contributed by atoms with E-state index in [0.717, 1.165) is 26.4 Å². The smallest absolute Gasteiger partial charge is 0.242 e. The van der Waals surface area contributed by atoms with Gasteiger partial charge in [-0.2, -0.15) is 0 Å². The van der Waals surface area contributed by atoms with E-state index in [2.05, 4.69) is 15.3 Å². The molecule has 146 valence electrons. The van der Waals surface area contributed by atoms with Crippen molar-refractivity contribution in [3.05, 3.63) is 77.4 Å². The first kappa shape index (κ1) is 19.4. The molecule has 0 aliphatic rings. The van der Waals surface area contributed by atoms with E-state index in [1.54, 1.807) is 24.8 Å². The molecule has 5 nitrogen and oxygen atoms in total. The van der Waals surface area contributed by atoms with Gasteiger partial charge in [-0.3, -0.25) is 4.79 Å². The Labute approximate surface area is 177 Å². The van der Waals surface area contributed by atoms with Crippen molar-refractivity contribution in [1.82, 2.24) is 9.97 Å². The predicted molar refractivity (Wildman–Crippen MR) is 119 cm³/mol. The first-order valence-corrected chi connectivity index (χ1v) is 10.8. The molecule has 0 bridgehead atoms. The SMILES string of the molecule is COc1ccc(C)cc1NC(=O)[C@@H](Sc1ncnc2sccc12)c1ccccc1. The number of hydrogen-bond donors (Lipinski definition) is 1. The molecule has 0 spiro atoms. The standard InChI is InChI=1S/C22H19N3O2S2/c1-14-8-9-18(27-2)17(12-14)25-20(26)19(15-6-4-3-5-7-15)29-22-16-10-11-28-21(16)23-13-24-22/h3-13,19H,1-2H3,(H,25,26)/t19-/m0/s1. The number of rotatable bonds is 6. The molecular weight excluding hydrogens is 402 g/mol. The van der Waals surface area contributed by atoms with Crippen LogP contribution in [0.4, 0.5) is 5.69 Å². The molecule has 0 radical (unpaired) electrons. The number of amides is 1. The number of methoxy groups -OCH3 is 1. The summed E-state index contributed by atoms with van der Waals surface area (Å²) >= 11 is 2.98. The third kappa shape index (κ3) is 4.26. The fraction of sp³-hybridized carbons (Fsp3) is 0.136. The molecule has 4 aromatic rings. The molecule has 0 saturated heterocycles. The third-order valence-corrected chi connectivity index (χ3v) is 6.50. The Morgan fingerprint density at radius 1 is 1.14 bits per heavy atom. The van der Waals surface area contributed by atoms with Gasteiger partial charge in [0.05, 0.1) is 12.8 Å². The van der Waals surface area contributed by atoms with Crippen LogP contribution in [0.1, 0.15) is 16.4 Å². The monoisotopic (exact) mass is 421 g/mol. The summed E-state index contributed by atoms with van der Waals surface area (Å²) in [5.41, 5.74) is 2.60. The molecule has 4 rings (SSSR count). The minimum Gasteiger partial charge on any atom is -0.495 e. The summed E-state index contributed by atoms with van der Waals surface area (Å²) in [6.07, 6.45) is 1.55. The zero-order chi connectivity index (χ0) is 20.2. The molecule has 0 aliphatic heterocycles. The lowest BCUT2D eigenvalue weighted by atomic mass is 10.1. The molecule has 1 amide bonds. The molecular formula is C22H19N3O2S2. The van der Waals surface area contributed by atoms with Crippen LogP contribution < -0.4 is 10.1 Å². The van der Waals surface area contributed by atoms with Gasteiger partial charge in [-0.05, 0) is 41.6 Å². The van der Waals surface area contributed by atoms with E-state index in [9.17, 15) is 4.79 Å². The summed E-state index contributed by atoms with van der Waals surface area (Å²) in [4.78, 5) is 23.0. The van der Waals surface area contributed by atoms with Gasteiger partial charge in [0.1, 0.15) is 27.2 Å². The van der Waals surface area contributed by atoms with Crippen LogP contribution in [0.3, 0.4) is 0 Å². The van der Waals surface area contributed by atoms with Crippen molar-refractivity contribution in [1.29, 1.82) is 0 Å². The van der Waals surface area contributed by atoms with Crippen molar-refractivity contribution in [2.45, 2.75) is 17.2 Å². The van der Waals surface area contributed by atoms with Gasteiger partial charge in [0.2, 0.25) is 5.91 Å². The number of fused-ring (bicyclic) bond motifs is 1. The zero-order valence-corrected chi connectivity index (χ0v) is 17.6. The lowest BCUT2D eigenvalue weighted by Gasteiger charge is -2.18. The van der Waals surface area contributed by atoms with E-state index in [1.807, 2.05) is 66.9 Å². The Morgan fingerprint density at radius 3 is 2.76 bits per heavy atom. The molecule has 0 fully saturated rings. The first-order chi connectivity index (χ1) is 14.2. The summed E-state index contributed by atoms with van der Waals surface area (Å²) < 4.78 is 5.41. The number of ether oxygens (including phenoxy) is 1. The van der Waals surface area contributed by atoms with Crippen molar-refractivity contribution in [3.63, 3.8) is 0 Å². The van der Waals surface area contributed by atoms with Crippen LogP contribution in [0.5, 0.6) is 5.75 Å². The second kappa shape index (κ2) is 8.63. The number of anilines is 1. The summed E-state index contributed by atoms with van der Waals surface area (Å²) in [7, 11) is 1.60. The van der Waals surface area contributed by atoms with E-state index in [0.29, 0.717) is 11.4 Å². The highest BCUT2D eigenvalue weighted by atomic mass is 32.2. The van der Waals surface area contributed by atoms with Crippen molar-refractivity contribution in [2.75, 3.05) is 12.4 Å². The minimum absolute atomic E-state index is 0.132. The van der Waals surface area contributed by atoms with Crippen molar-refractivity contribution >= 4 is 44.9 Å². The number of thioether (sulfide) groups is 1. The fourth-order valence-electron chi connectivity index (χ4n) is 2.99. The lowest BCUT2D eigenvalue weighted by molar-refractivity contribution is -0.115. The predicted octanol–water partition coefficient (Wildman–Crippen LogP) is 5.48. The van der Waals surface area contributed by atoms with E-state index in [4.69, 9.17) is 4.74 Å². The molecule has 7 heteroatoms. The van der Waals surface area contributed by atoms with Crippen LogP contribution in [-0.4, -0.2) is 23.0 Å². The van der Waals surface area contributed by atoms with Gasteiger partial charge < -0.3 is 10.1 Å². The normalized spacial score (nSPS) is 11.9. The zero-order valence-electron chi connectivity index (χ0n) is 16.0. The summed E-state index contributed by atoms with van der Waals surface area (Å²) in [6.45, 7) is 1.98. The van der Waals surface area contributed by atoms with Gasteiger partial charge in [0, 0.05) is 5.39 Å². The topological polar surface area (TPSA) is 64.1 Å². The van der Waals surface area contributed by atoms with Crippen LogP contribution in [-0.2, 0) is 4.79 Å². The molecule has 2 aromatic heterocycles. The van der Waals surface area contributed by atoms with Crippen molar-refractivity contribution in [3.8, 4) is 5.75 Å². The maximum absolute atomic E-state index is 13.3. The van der Waals surface area contributed by atoms with Gasteiger partial charge >= 0.3 is 0 Å². The highest BCUT2D eigenvalue weighted by molar-refractivity contribution is 8.00. The second-order valence-electron chi connectivity index (χ2n) is 6.42. The van der Waals surface area contributed by atoms with Gasteiger partial charge in [-0.25, -0.2) is 9.97 Å². The Bertz CT molecular complexity index is 1150. The second-order valence-corrected chi connectivity index (χ2v) is 8.41. The summed E-state index contributed by atoms with van der Waals surface area (Å²) in [6, 6.07) is 17.4. The molecule has 29 heavy (non-hydrogen) atoms. The largest absolute Gasteiger partial charge is 0.495 e. The Balaban J connectivity index is 1.69. The molecule has 1 atom stereocenters. The number of benzene rings is 2. The number of nitrogens with one attached hydrogen (secondary N) is 1. The number of carbonyl (C=O) groups is 1. The number of thiophene rings is 1. The van der Waals surface area contributed by atoms with Crippen molar-refractivity contribution < 1.29 is 9.53 Å². The van der Waals surface area contributed by atoms with Crippen LogP contribution in [0.15, 0.2) is 71.3 Å². The van der Waals surface area contributed by atoms with E-state index >= 15 is 0 Å². The molecule has 1 N–H and O–H groups in total. The first-order valence-electron chi connectivity index (χ1n) is 9.01. The average molecular weight is 422 g/mol. The minimum atomic E-state index is -0.473. The van der Waals surface area contributed by atoms with Gasteiger partial charge in [0.15, 0.2) is 0 Å². The van der Waals surface area contributed by atoms with Crippen LogP contribution in [0.25, 0.3) is 10.2 Å². The maximum atomic E-state index is 13.3. The number of aromatic nitrogens is 2. The Kier molecular flexibility index (Phi) is 5.78. The molecule has 0 unspecified atom stereocenters. The van der Waals surface area contributed by atoms with Crippen LogP contribution in [0, 0.1) is 6.92 Å². The Hall–Kier alpha value is -2.90. The van der Waals surface area contributed by atoms with Gasteiger partial charge in [-0.1, -0.05) is 48.2 Å². The van der Waals surface area contributed by atoms with E-state index in [1.165, 1.54) is 11.8 Å². The number of aryl methyl sites for hydroxylation is 1. The van der Waals surface area contributed by atoms with E-state index in [-0.39, 0.29) is 5.91 Å². The lowest BCUT2D eigenvalue weighted by Crippen LogP contribution is -2.19. The third-order valence-electron chi connectivity index (χ3n) is 4.41. The van der Waals surface area contributed by atoms with Crippen LogP contribution >= 0.6 is 23.1 Å². The quantitative estimate of drug-likeness (QED) is 0.330. The molecule has 2 aromatic carbocycles. The van der Waals surface area contributed by atoms with Gasteiger partial charge in [-0.15, -0.1) is 11.3 Å². The Morgan fingerprint density at radius 2 is 1.97 bits per heavy atom. The number of nitrogens with zero attached hydrogens (tertiary/aromatic N) is 2. The van der Waals surface area contributed by atoms with Crippen molar-refractivity contribution in [2.24, 2.45) is 0 Å².